The number of hydrogen-bond donors (Lipinski definition) is 2. The van der Waals surface area contributed by atoms with E-state index in [1.165, 1.54) is 12.3 Å². The van der Waals surface area contributed by atoms with Gasteiger partial charge in [0.25, 0.3) is 0 Å². The summed E-state index contributed by atoms with van der Waals surface area (Å²) in [5, 5.41) is 4.81. The van der Waals surface area contributed by atoms with Gasteiger partial charge >= 0.3 is 12.1 Å². The molecule has 0 unspecified atom stereocenters. The highest BCUT2D eigenvalue weighted by Crippen LogP contribution is 2.40. The minimum absolute atomic E-state index is 0.0682. The SMILES string of the molecule is CCOC(=O)Cc1ccc(Nc2cc(Cl)c(C(F)(F)F)cc2NC(=O)CCC(=O)c2ccccn2)cc1. The van der Waals surface area contributed by atoms with E-state index in [4.69, 9.17) is 16.3 Å². The minimum Gasteiger partial charge on any atom is -0.466 e. The Morgan fingerprint density at radius 2 is 1.73 bits per heavy atom. The van der Waals surface area contributed by atoms with Crippen molar-refractivity contribution >= 4 is 46.3 Å². The molecule has 2 N–H and O–H groups in total. The van der Waals surface area contributed by atoms with Crippen LogP contribution in [0.5, 0.6) is 0 Å². The summed E-state index contributed by atoms with van der Waals surface area (Å²) in [5.74, 6) is -1.42. The second kappa shape index (κ2) is 12.4. The Bertz CT molecular complexity index is 1270. The van der Waals surface area contributed by atoms with Gasteiger partial charge in [-0.3, -0.25) is 19.4 Å². The number of halogens is 4. The van der Waals surface area contributed by atoms with Gasteiger partial charge in [-0.05, 0) is 48.9 Å². The maximum Gasteiger partial charge on any atom is 0.417 e. The fraction of sp³-hybridized carbons (Fsp3) is 0.231. The molecular weight excluding hydrogens is 511 g/mol. The molecule has 7 nitrogen and oxygen atoms in total. The molecule has 11 heteroatoms. The Hall–Kier alpha value is -3.92. The van der Waals surface area contributed by atoms with E-state index < -0.39 is 22.7 Å². The smallest absolute Gasteiger partial charge is 0.417 e. The van der Waals surface area contributed by atoms with E-state index in [9.17, 15) is 27.6 Å². The van der Waals surface area contributed by atoms with Crippen molar-refractivity contribution < 1.29 is 32.3 Å². The second-order valence-corrected chi connectivity index (χ2v) is 8.27. The van der Waals surface area contributed by atoms with E-state index >= 15 is 0 Å². The van der Waals surface area contributed by atoms with Gasteiger partial charge in [0, 0.05) is 24.7 Å². The van der Waals surface area contributed by atoms with Gasteiger partial charge in [-0.2, -0.15) is 13.2 Å². The summed E-state index contributed by atoms with van der Waals surface area (Å²) in [6.07, 6.45) is -3.67. The van der Waals surface area contributed by atoms with Crippen LogP contribution in [-0.4, -0.2) is 29.3 Å². The fourth-order valence-corrected chi connectivity index (χ4v) is 3.60. The Balaban J connectivity index is 1.78. The standard InChI is InChI=1S/C26H23ClF3N3O4/c1-2-37-25(36)13-16-6-8-17(9-7-16)32-22-15-19(27)18(26(28,29)30)14-21(22)33-24(35)11-10-23(34)20-5-3-4-12-31-20/h3-9,12,14-15,32H,2,10-11,13H2,1H3,(H,33,35). The fourth-order valence-electron chi connectivity index (χ4n) is 3.33. The van der Waals surface area contributed by atoms with Crippen LogP contribution < -0.4 is 10.6 Å². The molecule has 0 aliphatic heterocycles. The molecule has 0 spiro atoms. The van der Waals surface area contributed by atoms with Gasteiger partial charge in [-0.25, -0.2) is 0 Å². The number of esters is 1. The van der Waals surface area contributed by atoms with Crippen molar-refractivity contribution in [2.75, 3.05) is 17.2 Å². The molecule has 3 rings (SSSR count). The van der Waals surface area contributed by atoms with E-state index in [2.05, 4.69) is 15.6 Å². The van der Waals surface area contributed by atoms with E-state index in [1.54, 1.807) is 43.3 Å². The number of rotatable bonds is 10. The van der Waals surface area contributed by atoms with Crippen LogP contribution in [0.1, 0.15) is 41.4 Å². The van der Waals surface area contributed by atoms with Crippen LogP contribution >= 0.6 is 11.6 Å². The molecule has 0 fully saturated rings. The number of ether oxygens (including phenoxy) is 1. The first-order chi connectivity index (χ1) is 17.6. The summed E-state index contributed by atoms with van der Waals surface area (Å²) in [5.41, 5.74) is 0.173. The van der Waals surface area contributed by atoms with Crippen molar-refractivity contribution in [3.63, 3.8) is 0 Å². The van der Waals surface area contributed by atoms with Crippen molar-refractivity contribution in [3.05, 3.63) is 82.6 Å². The molecule has 1 amide bonds. The maximum absolute atomic E-state index is 13.5. The van der Waals surface area contributed by atoms with Gasteiger partial charge < -0.3 is 15.4 Å². The number of benzene rings is 2. The highest BCUT2D eigenvalue weighted by molar-refractivity contribution is 6.32. The third-order valence-corrected chi connectivity index (χ3v) is 5.42. The molecule has 0 bridgehead atoms. The summed E-state index contributed by atoms with van der Waals surface area (Å²) in [6.45, 7) is 1.97. The zero-order chi connectivity index (χ0) is 27.0. The molecule has 0 saturated heterocycles. The molecule has 0 aliphatic rings. The minimum atomic E-state index is -4.75. The lowest BCUT2D eigenvalue weighted by atomic mass is 10.1. The first-order valence-corrected chi connectivity index (χ1v) is 11.6. The average molecular weight is 534 g/mol. The zero-order valence-electron chi connectivity index (χ0n) is 19.7. The number of hydrogen-bond acceptors (Lipinski definition) is 6. The van der Waals surface area contributed by atoms with Crippen LogP contribution in [0.3, 0.4) is 0 Å². The molecule has 1 aromatic heterocycles. The molecule has 194 valence electrons. The molecule has 0 saturated carbocycles. The quantitative estimate of drug-likeness (QED) is 0.238. The number of carbonyl (C=O) groups is 3. The molecule has 1 heterocycles. The van der Waals surface area contributed by atoms with Crippen molar-refractivity contribution in [1.82, 2.24) is 4.98 Å². The number of Topliss-reactive ketones (excluding diaryl/α,β-unsaturated/α-hetero) is 1. The van der Waals surface area contributed by atoms with Crippen molar-refractivity contribution in [2.45, 2.75) is 32.4 Å². The van der Waals surface area contributed by atoms with E-state index in [-0.39, 0.29) is 54.7 Å². The number of nitrogens with one attached hydrogen (secondary N) is 2. The molecule has 37 heavy (non-hydrogen) atoms. The normalized spacial score (nSPS) is 11.1. The third-order valence-electron chi connectivity index (χ3n) is 5.10. The van der Waals surface area contributed by atoms with Gasteiger partial charge in [-0.15, -0.1) is 0 Å². The first-order valence-electron chi connectivity index (χ1n) is 11.2. The molecule has 0 atom stereocenters. The molecule has 0 radical (unpaired) electrons. The summed E-state index contributed by atoms with van der Waals surface area (Å²) in [7, 11) is 0. The Morgan fingerprint density at radius 1 is 1.00 bits per heavy atom. The van der Waals surface area contributed by atoms with Crippen LogP contribution in [0.25, 0.3) is 0 Å². The lowest BCUT2D eigenvalue weighted by Crippen LogP contribution is -2.16. The number of carbonyl (C=O) groups excluding carboxylic acids is 3. The van der Waals surface area contributed by atoms with Gasteiger partial charge in [0.15, 0.2) is 5.78 Å². The van der Waals surface area contributed by atoms with Gasteiger partial charge in [-0.1, -0.05) is 29.8 Å². The van der Waals surface area contributed by atoms with Crippen LogP contribution in [0, 0.1) is 0 Å². The third kappa shape index (κ3) is 8.04. The van der Waals surface area contributed by atoms with E-state index in [0.717, 1.165) is 12.1 Å². The highest BCUT2D eigenvalue weighted by Gasteiger charge is 2.34. The topological polar surface area (TPSA) is 97.4 Å². The Labute approximate surface area is 216 Å². The summed E-state index contributed by atoms with van der Waals surface area (Å²) in [4.78, 5) is 40.3. The summed E-state index contributed by atoms with van der Waals surface area (Å²) in [6, 6.07) is 13.1. The number of alkyl halides is 3. The highest BCUT2D eigenvalue weighted by atomic mass is 35.5. The van der Waals surface area contributed by atoms with Crippen molar-refractivity contribution in [1.29, 1.82) is 0 Å². The van der Waals surface area contributed by atoms with Gasteiger partial charge in [0.2, 0.25) is 5.91 Å². The number of anilines is 3. The largest absolute Gasteiger partial charge is 0.466 e. The van der Waals surface area contributed by atoms with Crippen LogP contribution in [0.15, 0.2) is 60.8 Å². The van der Waals surface area contributed by atoms with Crippen LogP contribution in [-0.2, 0) is 26.9 Å². The lowest BCUT2D eigenvalue weighted by molar-refractivity contribution is -0.142. The maximum atomic E-state index is 13.5. The van der Waals surface area contributed by atoms with Gasteiger partial charge in [0.1, 0.15) is 5.69 Å². The summed E-state index contributed by atoms with van der Waals surface area (Å²) >= 11 is 5.90. The van der Waals surface area contributed by atoms with E-state index in [0.29, 0.717) is 11.3 Å². The van der Waals surface area contributed by atoms with Gasteiger partial charge in [0.05, 0.1) is 35.0 Å². The number of ketones is 1. The van der Waals surface area contributed by atoms with E-state index in [1.807, 2.05) is 0 Å². The Kier molecular flexibility index (Phi) is 9.24. The summed E-state index contributed by atoms with van der Waals surface area (Å²) < 4.78 is 45.3. The molecule has 0 aliphatic carbocycles. The zero-order valence-corrected chi connectivity index (χ0v) is 20.4. The van der Waals surface area contributed by atoms with Crippen molar-refractivity contribution in [2.24, 2.45) is 0 Å². The monoisotopic (exact) mass is 533 g/mol. The first kappa shape index (κ1) is 27.7. The number of pyridine rings is 1. The Morgan fingerprint density at radius 3 is 2.35 bits per heavy atom. The number of amides is 1. The van der Waals surface area contributed by atoms with Crippen LogP contribution in [0.2, 0.25) is 5.02 Å². The molecular formula is C26H23ClF3N3O4. The van der Waals surface area contributed by atoms with Crippen molar-refractivity contribution in [3.8, 4) is 0 Å². The van der Waals surface area contributed by atoms with Crippen LogP contribution in [0.4, 0.5) is 30.2 Å². The second-order valence-electron chi connectivity index (χ2n) is 7.87. The lowest BCUT2D eigenvalue weighted by Gasteiger charge is -2.18. The predicted octanol–water partition coefficient (Wildman–Crippen LogP) is 6.20. The molecule has 2 aromatic carbocycles. The number of nitrogens with zero attached hydrogens (tertiary/aromatic N) is 1. The number of aromatic nitrogens is 1. The predicted molar refractivity (Wildman–Crippen MR) is 133 cm³/mol. The molecule has 3 aromatic rings. The average Bonchev–Trinajstić information content (AvgIpc) is 2.85.